The van der Waals surface area contributed by atoms with Gasteiger partial charge in [-0.05, 0) is 24.8 Å². The van der Waals surface area contributed by atoms with E-state index in [1.54, 1.807) is 4.68 Å². The highest BCUT2D eigenvalue weighted by Gasteiger charge is 2.38. The first kappa shape index (κ1) is 11.0. The monoisotopic (exact) mass is 288 g/mol. The molecule has 2 heterocycles. The number of hydrogen-bond donors (Lipinski definition) is 0. The number of aromatic nitrogens is 3. The lowest BCUT2D eigenvalue weighted by molar-refractivity contribution is 0.0957. The van der Waals surface area contributed by atoms with Crippen molar-refractivity contribution in [3.8, 4) is 0 Å². The fourth-order valence-corrected chi connectivity index (χ4v) is 2.91. The minimum atomic E-state index is -1.32. The maximum absolute atomic E-state index is 12.1. The Morgan fingerprint density at radius 2 is 2.10 bits per heavy atom. The van der Waals surface area contributed by atoms with Gasteiger partial charge in [0.15, 0.2) is 0 Å². The zero-order valence-electron chi connectivity index (χ0n) is 11.8. The van der Waals surface area contributed by atoms with Crippen molar-refractivity contribution >= 4 is 17.4 Å². The van der Waals surface area contributed by atoms with E-state index >= 15 is 0 Å². The highest BCUT2D eigenvalue weighted by Crippen LogP contribution is 2.41. The number of rotatable bonds is 3. The molecule has 0 saturated heterocycles. The molecule has 4 rings (SSSR count). The van der Waals surface area contributed by atoms with Crippen LogP contribution < -0.4 is 0 Å². The molecule has 20 heavy (non-hydrogen) atoms. The predicted octanol–water partition coefficient (Wildman–Crippen LogP) is 3.14. The van der Waals surface area contributed by atoms with Crippen molar-refractivity contribution in [1.29, 1.82) is 0 Å². The smallest absolute Gasteiger partial charge is 0.217 e. The second-order valence-electron chi connectivity index (χ2n) is 5.38. The third-order valence-corrected chi connectivity index (χ3v) is 4.22. The van der Waals surface area contributed by atoms with Gasteiger partial charge in [0.2, 0.25) is 11.6 Å². The number of hydrogen-bond acceptors (Lipinski definition) is 3. The lowest BCUT2D eigenvalue weighted by atomic mass is 10.1. The minimum absolute atomic E-state index is 0.0174. The van der Waals surface area contributed by atoms with Crippen LogP contribution >= 0.6 is 11.6 Å². The van der Waals surface area contributed by atoms with Crippen LogP contribution in [0.2, 0.25) is 0 Å². The standard InChI is InChI=1S/C15H14ClN3O/c16-11-8-12(9-4-2-1-3-5-9)19-15(11)17-14(18-19)13(20)10-6-7-10/h1-5,10-12H,6-8H2/t11-,12-/m1/s1/i11D. The number of nitrogens with zero attached hydrogens (tertiary/aromatic N) is 3. The lowest BCUT2D eigenvalue weighted by Gasteiger charge is -2.11. The molecule has 4 nitrogen and oxygen atoms in total. The van der Waals surface area contributed by atoms with Crippen LogP contribution in [-0.4, -0.2) is 20.5 Å². The van der Waals surface area contributed by atoms with Crippen molar-refractivity contribution in [2.24, 2.45) is 5.92 Å². The van der Waals surface area contributed by atoms with Crippen LogP contribution in [-0.2, 0) is 0 Å². The van der Waals surface area contributed by atoms with Crippen LogP contribution in [0.3, 0.4) is 0 Å². The molecule has 1 aliphatic heterocycles. The second kappa shape index (κ2) is 4.42. The molecule has 1 aromatic carbocycles. The molecule has 0 radical (unpaired) electrons. The summed E-state index contributed by atoms with van der Waals surface area (Å²) in [5, 5.41) is 3.03. The lowest BCUT2D eigenvalue weighted by Crippen LogP contribution is -2.10. The number of alkyl halides is 1. The molecule has 0 N–H and O–H groups in total. The Morgan fingerprint density at radius 1 is 1.35 bits per heavy atom. The van der Waals surface area contributed by atoms with Crippen LogP contribution in [0.4, 0.5) is 0 Å². The Balaban J connectivity index is 1.77. The summed E-state index contributed by atoms with van der Waals surface area (Å²) < 4.78 is 9.91. The molecular formula is C15H14ClN3O. The van der Waals surface area contributed by atoms with Gasteiger partial charge in [0.25, 0.3) is 0 Å². The molecule has 1 aliphatic carbocycles. The summed E-state index contributed by atoms with van der Waals surface area (Å²) in [6.45, 7) is 0. The number of fused-ring (bicyclic) bond motifs is 1. The maximum atomic E-state index is 12.1. The second-order valence-corrected chi connectivity index (χ2v) is 5.83. The van der Waals surface area contributed by atoms with E-state index in [9.17, 15) is 4.79 Å². The summed E-state index contributed by atoms with van der Waals surface area (Å²) in [6.07, 6.45) is 2.24. The number of Topliss-reactive ketones (excluding diaryl/α,β-unsaturated/α-hetero) is 1. The highest BCUT2D eigenvalue weighted by atomic mass is 35.5. The molecule has 1 saturated carbocycles. The van der Waals surface area contributed by atoms with Gasteiger partial charge in [-0.15, -0.1) is 16.7 Å². The molecule has 102 valence electrons. The van der Waals surface area contributed by atoms with Crippen LogP contribution in [0.1, 0.15) is 54.0 Å². The SMILES string of the molecule is [2H][C@@]1(Cl)C[C@H](c2ccccc2)n2nc(C(=O)C3CC3)nc21. The van der Waals surface area contributed by atoms with E-state index in [4.69, 9.17) is 13.0 Å². The van der Waals surface area contributed by atoms with Crippen molar-refractivity contribution < 1.29 is 6.17 Å². The average Bonchev–Trinajstić information content (AvgIpc) is 3.17. The van der Waals surface area contributed by atoms with E-state index in [1.165, 1.54) is 0 Å². The fourth-order valence-electron chi connectivity index (χ4n) is 2.64. The number of carbonyl (C=O) groups excluding carboxylic acids is 1. The van der Waals surface area contributed by atoms with Gasteiger partial charge < -0.3 is 0 Å². The molecule has 5 heteroatoms. The topological polar surface area (TPSA) is 47.8 Å². The van der Waals surface area contributed by atoms with E-state index in [0.29, 0.717) is 12.2 Å². The molecule has 0 bridgehead atoms. The average molecular weight is 289 g/mol. The number of benzene rings is 1. The molecule has 0 amide bonds. The van der Waals surface area contributed by atoms with Crippen molar-refractivity contribution in [1.82, 2.24) is 14.8 Å². The zero-order valence-corrected chi connectivity index (χ0v) is 11.5. The van der Waals surface area contributed by atoms with E-state index in [2.05, 4.69) is 10.1 Å². The summed E-state index contributed by atoms with van der Waals surface area (Å²) in [5.41, 5.74) is 1.03. The summed E-state index contributed by atoms with van der Waals surface area (Å²) >= 11 is 6.29. The van der Waals surface area contributed by atoms with Crippen molar-refractivity contribution in [2.45, 2.75) is 30.7 Å². The number of carbonyl (C=O) groups is 1. The zero-order chi connectivity index (χ0) is 14.6. The predicted molar refractivity (Wildman–Crippen MR) is 74.9 cm³/mol. The third kappa shape index (κ3) is 1.86. The first-order valence-corrected chi connectivity index (χ1v) is 7.19. The summed E-state index contributed by atoms with van der Waals surface area (Å²) in [4.78, 5) is 16.4. The molecule has 0 spiro atoms. The van der Waals surface area contributed by atoms with Crippen LogP contribution in [0.25, 0.3) is 0 Å². The normalized spacial score (nSPS) is 29.1. The Morgan fingerprint density at radius 3 is 2.80 bits per heavy atom. The van der Waals surface area contributed by atoms with Crippen LogP contribution in [0.15, 0.2) is 30.3 Å². The van der Waals surface area contributed by atoms with Gasteiger partial charge in [-0.25, -0.2) is 9.67 Å². The maximum Gasteiger partial charge on any atom is 0.217 e. The minimum Gasteiger partial charge on any atom is -0.290 e. The first-order chi connectivity index (χ1) is 10.1. The van der Waals surface area contributed by atoms with E-state index in [1.807, 2.05) is 30.3 Å². The van der Waals surface area contributed by atoms with Crippen LogP contribution in [0, 0.1) is 5.92 Å². The molecule has 2 aromatic rings. The van der Waals surface area contributed by atoms with Crippen LogP contribution in [0.5, 0.6) is 0 Å². The quantitative estimate of drug-likeness (QED) is 0.644. The van der Waals surface area contributed by atoms with Gasteiger partial charge >= 0.3 is 0 Å². The molecule has 2 atom stereocenters. The Bertz CT molecular complexity index is 709. The Kier molecular flexibility index (Phi) is 2.44. The van der Waals surface area contributed by atoms with E-state index in [-0.39, 0.29) is 23.6 Å². The van der Waals surface area contributed by atoms with Gasteiger partial charge in [-0.1, -0.05) is 30.3 Å². The molecule has 1 aromatic heterocycles. The summed E-state index contributed by atoms with van der Waals surface area (Å²) in [6, 6.07) is 9.66. The third-order valence-electron chi connectivity index (χ3n) is 3.89. The Labute approximate surface area is 123 Å². The fraction of sp³-hybridized carbons (Fsp3) is 0.400. The van der Waals surface area contributed by atoms with Gasteiger partial charge in [0, 0.05) is 5.92 Å². The highest BCUT2D eigenvalue weighted by molar-refractivity contribution is 6.20. The van der Waals surface area contributed by atoms with Gasteiger partial charge in [-0.2, -0.15) is 0 Å². The molecule has 2 aliphatic rings. The van der Waals surface area contributed by atoms with Crippen molar-refractivity contribution in [3.05, 3.63) is 47.5 Å². The number of halogens is 1. The molecule has 1 fully saturated rings. The van der Waals surface area contributed by atoms with Gasteiger partial charge in [0.05, 0.1) is 12.8 Å². The number of ketones is 1. The van der Waals surface area contributed by atoms with Crippen molar-refractivity contribution in [2.75, 3.05) is 0 Å². The summed E-state index contributed by atoms with van der Waals surface area (Å²) in [5.74, 6) is 0.641. The molecular weight excluding hydrogens is 274 g/mol. The largest absolute Gasteiger partial charge is 0.290 e. The Hall–Kier alpha value is -1.68. The van der Waals surface area contributed by atoms with Gasteiger partial charge in [0.1, 0.15) is 5.82 Å². The van der Waals surface area contributed by atoms with E-state index in [0.717, 1.165) is 18.4 Å². The molecule has 0 unspecified atom stereocenters. The van der Waals surface area contributed by atoms with E-state index < -0.39 is 5.35 Å². The first-order valence-electron chi connectivity index (χ1n) is 7.31. The van der Waals surface area contributed by atoms with Gasteiger partial charge in [-0.3, -0.25) is 4.79 Å². The summed E-state index contributed by atoms with van der Waals surface area (Å²) in [7, 11) is 0. The van der Waals surface area contributed by atoms with Crippen molar-refractivity contribution in [3.63, 3.8) is 0 Å².